The fourth-order valence-electron chi connectivity index (χ4n) is 0.667. The Balaban J connectivity index is 3.75. The van der Waals surface area contributed by atoms with Gasteiger partial charge in [0, 0.05) is 6.42 Å². The van der Waals surface area contributed by atoms with Crippen LogP contribution in [0.25, 0.3) is 0 Å². The van der Waals surface area contributed by atoms with Crippen LogP contribution in [-0.4, -0.2) is 16.6 Å². The van der Waals surface area contributed by atoms with Crippen molar-refractivity contribution in [3.8, 4) is 11.8 Å². The lowest BCUT2D eigenvalue weighted by molar-refractivity contribution is 0.107. The van der Waals surface area contributed by atoms with Gasteiger partial charge in [0.1, 0.15) is 6.10 Å². The average molecular weight is 281 g/mol. The van der Waals surface area contributed by atoms with Gasteiger partial charge in [-0.25, -0.2) is 4.79 Å². The quantitative estimate of drug-likeness (QED) is 0.486. The number of primary amides is 1. The van der Waals surface area contributed by atoms with Gasteiger partial charge < -0.3 is 10.5 Å². The second-order valence-electron chi connectivity index (χ2n) is 2.16. The first-order chi connectivity index (χ1) is 5.70. The van der Waals surface area contributed by atoms with Crippen LogP contribution in [0.2, 0.25) is 0 Å². The third-order valence-electron chi connectivity index (χ3n) is 1.26. The van der Waals surface area contributed by atoms with Crippen molar-refractivity contribution in [2.24, 2.45) is 5.73 Å². The topological polar surface area (TPSA) is 52.3 Å². The molecule has 3 nitrogen and oxygen atoms in total. The zero-order valence-electron chi connectivity index (χ0n) is 6.97. The molecule has 0 saturated heterocycles. The largest absolute Gasteiger partial charge is 0.445 e. The first kappa shape index (κ1) is 11.6. The second kappa shape index (κ2) is 7.22. The van der Waals surface area contributed by atoms with Crippen molar-refractivity contribution in [2.45, 2.75) is 25.9 Å². The minimum Gasteiger partial charge on any atom is -0.445 e. The summed E-state index contributed by atoms with van der Waals surface area (Å²) in [5.74, 6) is 5.79. The summed E-state index contributed by atoms with van der Waals surface area (Å²) in [7, 11) is 0. The molecule has 0 saturated carbocycles. The van der Waals surface area contributed by atoms with Gasteiger partial charge in [-0.3, -0.25) is 0 Å². The number of rotatable bonds is 3. The Labute approximate surface area is 86.2 Å². The number of amides is 1. The number of carbonyl (C=O) groups excluding carboxylic acids is 1. The normalized spacial score (nSPS) is 11.2. The summed E-state index contributed by atoms with van der Waals surface area (Å²) < 4.78 is 5.58. The first-order valence-corrected chi connectivity index (χ1v) is 5.21. The maximum atomic E-state index is 10.4. The van der Waals surface area contributed by atoms with Gasteiger partial charge in [0.15, 0.2) is 0 Å². The molecule has 2 N–H and O–H groups in total. The van der Waals surface area contributed by atoms with Crippen molar-refractivity contribution in [1.82, 2.24) is 0 Å². The summed E-state index contributed by atoms with van der Waals surface area (Å²) in [6.45, 7) is 1.93. The average Bonchev–Trinajstić information content (AvgIpc) is 2.02. The number of hydrogen-bond donors (Lipinski definition) is 1. The minimum absolute atomic E-state index is 0.155. The Hall–Kier alpha value is -0.440. The minimum atomic E-state index is -0.724. The molecule has 4 heteroatoms. The monoisotopic (exact) mass is 281 g/mol. The highest BCUT2D eigenvalue weighted by atomic mass is 127. The highest BCUT2D eigenvalue weighted by molar-refractivity contribution is 14.1. The van der Waals surface area contributed by atoms with Gasteiger partial charge in [0.05, 0.1) is 4.43 Å². The lowest BCUT2D eigenvalue weighted by Crippen LogP contribution is -2.21. The van der Waals surface area contributed by atoms with E-state index in [4.69, 9.17) is 10.5 Å². The Kier molecular flexibility index (Phi) is 6.96. The standard InChI is InChI=1S/C8H12INO2/c1-2-7(12-8(10)11)5-3-4-6-9/h7H,2,5-6H2,1H3,(H2,10,11). The SMILES string of the molecule is CCC(CC#CCI)OC(N)=O. The third-order valence-corrected chi connectivity index (χ3v) is 1.64. The Morgan fingerprint density at radius 1 is 1.67 bits per heavy atom. The highest BCUT2D eigenvalue weighted by Crippen LogP contribution is 2.01. The van der Waals surface area contributed by atoms with Crippen molar-refractivity contribution >= 4 is 28.7 Å². The van der Waals surface area contributed by atoms with Gasteiger partial charge in [-0.1, -0.05) is 41.4 Å². The summed E-state index contributed by atoms with van der Waals surface area (Å²) in [5.41, 5.74) is 4.86. The number of hydrogen-bond acceptors (Lipinski definition) is 2. The molecule has 68 valence electrons. The molecule has 0 fully saturated rings. The molecular weight excluding hydrogens is 269 g/mol. The molecular formula is C8H12INO2. The first-order valence-electron chi connectivity index (χ1n) is 3.68. The number of halogens is 1. The van der Waals surface area contributed by atoms with Crippen molar-refractivity contribution in [3.05, 3.63) is 0 Å². The second-order valence-corrected chi connectivity index (χ2v) is 2.92. The van der Waals surface area contributed by atoms with Gasteiger partial charge in [0.2, 0.25) is 0 Å². The van der Waals surface area contributed by atoms with Crippen molar-refractivity contribution in [2.75, 3.05) is 4.43 Å². The van der Waals surface area contributed by atoms with Crippen LogP contribution in [0.3, 0.4) is 0 Å². The maximum Gasteiger partial charge on any atom is 0.404 e. The molecule has 1 atom stereocenters. The smallest absolute Gasteiger partial charge is 0.404 e. The van der Waals surface area contributed by atoms with Crippen LogP contribution in [0.5, 0.6) is 0 Å². The van der Waals surface area contributed by atoms with Gasteiger partial charge in [-0.2, -0.15) is 0 Å². The van der Waals surface area contributed by atoms with Crippen LogP contribution >= 0.6 is 22.6 Å². The molecule has 0 aromatic heterocycles. The van der Waals surface area contributed by atoms with E-state index < -0.39 is 6.09 Å². The van der Waals surface area contributed by atoms with E-state index in [9.17, 15) is 4.79 Å². The summed E-state index contributed by atoms with van der Waals surface area (Å²) >= 11 is 2.17. The molecule has 0 rings (SSSR count). The van der Waals surface area contributed by atoms with Crippen molar-refractivity contribution in [1.29, 1.82) is 0 Å². The number of ether oxygens (including phenoxy) is 1. The molecule has 1 unspecified atom stereocenters. The maximum absolute atomic E-state index is 10.4. The Bertz CT molecular complexity index is 195. The van der Waals surface area contributed by atoms with E-state index in [0.717, 1.165) is 10.8 Å². The molecule has 0 heterocycles. The molecule has 0 bridgehead atoms. The van der Waals surface area contributed by atoms with E-state index in [1.54, 1.807) is 0 Å². The molecule has 0 aromatic rings. The molecule has 0 aromatic carbocycles. The zero-order chi connectivity index (χ0) is 9.40. The van der Waals surface area contributed by atoms with E-state index in [2.05, 4.69) is 34.4 Å². The lowest BCUT2D eigenvalue weighted by Gasteiger charge is -2.10. The van der Waals surface area contributed by atoms with Crippen LogP contribution in [-0.2, 0) is 4.74 Å². The fraction of sp³-hybridized carbons (Fsp3) is 0.625. The Morgan fingerprint density at radius 2 is 2.33 bits per heavy atom. The molecule has 0 radical (unpaired) electrons. The predicted molar refractivity (Wildman–Crippen MR) is 56.0 cm³/mol. The number of nitrogens with two attached hydrogens (primary N) is 1. The highest BCUT2D eigenvalue weighted by Gasteiger charge is 2.07. The molecule has 0 aliphatic heterocycles. The Morgan fingerprint density at radius 3 is 2.75 bits per heavy atom. The molecule has 0 spiro atoms. The van der Waals surface area contributed by atoms with E-state index in [-0.39, 0.29) is 6.10 Å². The third kappa shape index (κ3) is 6.28. The zero-order valence-corrected chi connectivity index (χ0v) is 9.13. The van der Waals surface area contributed by atoms with Gasteiger partial charge in [-0.05, 0) is 6.42 Å². The van der Waals surface area contributed by atoms with E-state index in [1.165, 1.54) is 0 Å². The summed E-state index contributed by atoms with van der Waals surface area (Å²) in [6, 6.07) is 0. The molecule has 0 aliphatic rings. The summed E-state index contributed by atoms with van der Waals surface area (Å²) in [5, 5.41) is 0. The molecule has 12 heavy (non-hydrogen) atoms. The van der Waals surface area contributed by atoms with E-state index in [1.807, 2.05) is 6.92 Å². The fourth-order valence-corrected chi connectivity index (χ4v) is 0.937. The van der Waals surface area contributed by atoms with E-state index in [0.29, 0.717) is 6.42 Å². The van der Waals surface area contributed by atoms with Gasteiger partial charge >= 0.3 is 6.09 Å². The number of carbonyl (C=O) groups is 1. The lowest BCUT2D eigenvalue weighted by atomic mass is 10.2. The van der Waals surface area contributed by atoms with Crippen LogP contribution in [0.15, 0.2) is 0 Å². The molecule has 0 aliphatic carbocycles. The van der Waals surface area contributed by atoms with Crippen LogP contribution in [0.1, 0.15) is 19.8 Å². The van der Waals surface area contributed by atoms with Crippen LogP contribution in [0.4, 0.5) is 4.79 Å². The summed E-state index contributed by atoms with van der Waals surface area (Å²) in [4.78, 5) is 10.4. The number of alkyl halides is 1. The van der Waals surface area contributed by atoms with Gasteiger partial charge in [-0.15, -0.1) is 0 Å². The van der Waals surface area contributed by atoms with Gasteiger partial charge in [0.25, 0.3) is 0 Å². The van der Waals surface area contributed by atoms with Crippen molar-refractivity contribution < 1.29 is 9.53 Å². The predicted octanol–water partition coefficient (Wildman–Crippen LogP) is 1.69. The van der Waals surface area contributed by atoms with Crippen molar-refractivity contribution in [3.63, 3.8) is 0 Å². The summed E-state index contributed by atoms with van der Waals surface area (Å²) in [6.07, 6.45) is 0.442. The van der Waals surface area contributed by atoms with E-state index >= 15 is 0 Å². The molecule has 1 amide bonds. The van der Waals surface area contributed by atoms with Crippen LogP contribution < -0.4 is 5.73 Å². The van der Waals surface area contributed by atoms with Crippen LogP contribution in [0, 0.1) is 11.8 Å².